The van der Waals surface area contributed by atoms with Crippen molar-refractivity contribution in [2.24, 2.45) is 0 Å². The number of thiazole rings is 1. The minimum absolute atomic E-state index is 0.550. The Labute approximate surface area is 132 Å². The van der Waals surface area contributed by atoms with E-state index in [1.54, 1.807) is 11.3 Å². The first kappa shape index (κ1) is 16.0. The molecule has 1 unspecified atom stereocenters. The van der Waals surface area contributed by atoms with Gasteiger partial charge >= 0.3 is 0 Å². The van der Waals surface area contributed by atoms with E-state index >= 15 is 0 Å². The number of aryl methyl sites for hydroxylation is 1. The summed E-state index contributed by atoms with van der Waals surface area (Å²) in [7, 11) is 4.11. The second kappa shape index (κ2) is 7.05. The molecule has 3 nitrogen and oxygen atoms in total. The normalized spacial score (nSPS) is 12.4. The average Bonchev–Trinajstić information content (AvgIpc) is 2.86. The first-order chi connectivity index (χ1) is 10.0. The second-order valence-electron chi connectivity index (χ2n) is 5.66. The summed E-state index contributed by atoms with van der Waals surface area (Å²) in [5.41, 5.74) is 3.55. The van der Waals surface area contributed by atoms with Crippen molar-refractivity contribution in [1.29, 1.82) is 0 Å². The summed E-state index contributed by atoms with van der Waals surface area (Å²) in [4.78, 5) is 8.17. The summed E-state index contributed by atoms with van der Waals surface area (Å²) < 4.78 is 0. The number of hydrogen-bond donors (Lipinski definition) is 1. The number of nitrogens with one attached hydrogen (secondary N) is 1. The molecule has 0 amide bonds. The molecule has 1 aromatic carbocycles. The minimum atomic E-state index is 0.550. The van der Waals surface area contributed by atoms with Crippen LogP contribution >= 0.6 is 11.3 Å². The molecule has 0 saturated carbocycles. The molecule has 0 bridgehead atoms. The van der Waals surface area contributed by atoms with E-state index in [4.69, 9.17) is 4.98 Å². The zero-order valence-electron chi connectivity index (χ0n) is 13.6. The fourth-order valence-corrected chi connectivity index (χ4v) is 3.05. The smallest absolute Gasteiger partial charge is 0.123 e. The summed E-state index contributed by atoms with van der Waals surface area (Å²) in [5.74, 6) is 0. The first-order valence-corrected chi connectivity index (χ1v) is 8.30. The molecular weight excluding hydrogens is 278 g/mol. The van der Waals surface area contributed by atoms with Crippen LogP contribution in [0.5, 0.6) is 0 Å². The molecule has 0 fully saturated rings. The molecule has 0 spiro atoms. The van der Waals surface area contributed by atoms with Crippen LogP contribution in [0.25, 0.3) is 10.6 Å². The predicted molar refractivity (Wildman–Crippen MR) is 93.2 cm³/mol. The molecule has 0 aliphatic carbocycles. The van der Waals surface area contributed by atoms with Gasteiger partial charge in [0, 0.05) is 42.8 Å². The van der Waals surface area contributed by atoms with Gasteiger partial charge in [-0.25, -0.2) is 4.98 Å². The summed E-state index contributed by atoms with van der Waals surface area (Å²) >= 11 is 1.79. The van der Waals surface area contributed by atoms with Crippen LogP contribution in [-0.2, 0) is 6.54 Å². The predicted octanol–water partition coefficient (Wildman–Crippen LogP) is 4.07. The molecule has 1 heterocycles. The third-order valence-corrected chi connectivity index (χ3v) is 4.95. The average molecular weight is 303 g/mol. The maximum absolute atomic E-state index is 4.72. The van der Waals surface area contributed by atoms with Gasteiger partial charge in [-0.3, -0.25) is 0 Å². The van der Waals surface area contributed by atoms with E-state index < -0.39 is 0 Å². The molecule has 0 saturated heterocycles. The van der Waals surface area contributed by atoms with Crippen molar-refractivity contribution >= 4 is 17.0 Å². The Bertz CT molecular complexity index is 572. The molecule has 2 aromatic rings. The Balaban J connectivity index is 2.14. The highest BCUT2D eigenvalue weighted by Gasteiger charge is 2.10. The molecule has 21 heavy (non-hydrogen) atoms. The fourth-order valence-electron chi connectivity index (χ4n) is 2.03. The topological polar surface area (TPSA) is 28.2 Å². The standard InChI is InChI=1S/C17H25N3S/c1-6-12(2)18-11-16-13(3)19-17(21-16)14-7-9-15(10-8-14)20(4)5/h7-10,12,18H,6,11H2,1-5H3. The van der Waals surface area contributed by atoms with Crippen molar-refractivity contribution in [3.63, 3.8) is 0 Å². The monoisotopic (exact) mass is 303 g/mol. The zero-order valence-corrected chi connectivity index (χ0v) is 14.4. The lowest BCUT2D eigenvalue weighted by atomic mass is 10.2. The molecule has 1 aromatic heterocycles. The van der Waals surface area contributed by atoms with Crippen molar-refractivity contribution in [3.05, 3.63) is 34.8 Å². The van der Waals surface area contributed by atoms with Crippen molar-refractivity contribution < 1.29 is 0 Å². The van der Waals surface area contributed by atoms with Crippen LogP contribution in [-0.4, -0.2) is 25.1 Å². The Morgan fingerprint density at radius 1 is 1.24 bits per heavy atom. The third kappa shape index (κ3) is 4.05. The van der Waals surface area contributed by atoms with Gasteiger partial charge in [-0.05, 0) is 44.5 Å². The Morgan fingerprint density at radius 2 is 1.90 bits per heavy atom. The molecule has 0 radical (unpaired) electrons. The number of benzene rings is 1. The number of rotatable bonds is 6. The molecular formula is C17H25N3S. The van der Waals surface area contributed by atoms with Gasteiger partial charge in [-0.2, -0.15) is 0 Å². The second-order valence-corrected chi connectivity index (χ2v) is 6.74. The number of hydrogen-bond acceptors (Lipinski definition) is 4. The Kier molecular flexibility index (Phi) is 5.37. The lowest BCUT2D eigenvalue weighted by Gasteiger charge is -2.12. The van der Waals surface area contributed by atoms with Crippen molar-refractivity contribution in [1.82, 2.24) is 10.3 Å². The van der Waals surface area contributed by atoms with E-state index in [1.807, 2.05) is 0 Å². The zero-order chi connectivity index (χ0) is 15.4. The van der Waals surface area contributed by atoms with Crippen LogP contribution in [0.2, 0.25) is 0 Å². The fraction of sp³-hybridized carbons (Fsp3) is 0.471. The van der Waals surface area contributed by atoms with E-state index in [2.05, 4.69) is 69.3 Å². The largest absolute Gasteiger partial charge is 0.378 e. The Hall–Kier alpha value is -1.39. The molecule has 1 atom stereocenters. The van der Waals surface area contributed by atoms with E-state index in [0.717, 1.165) is 23.7 Å². The van der Waals surface area contributed by atoms with E-state index in [1.165, 1.54) is 16.1 Å². The van der Waals surface area contributed by atoms with Crippen LogP contribution in [0.4, 0.5) is 5.69 Å². The van der Waals surface area contributed by atoms with Crippen molar-refractivity contribution in [3.8, 4) is 10.6 Å². The first-order valence-electron chi connectivity index (χ1n) is 7.48. The minimum Gasteiger partial charge on any atom is -0.378 e. The van der Waals surface area contributed by atoms with E-state index in [9.17, 15) is 0 Å². The van der Waals surface area contributed by atoms with E-state index in [0.29, 0.717) is 6.04 Å². The molecule has 0 aliphatic heterocycles. The molecule has 2 rings (SSSR count). The SMILES string of the molecule is CCC(C)NCc1sc(-c2ccc(N(C)C)cc2)nc1C. The van der Waals surface area contributed by atoms with Gasteiger partial charge in [0.1, 0.15) is 5.01 Å². The lowest BCUT2D eigenvalue weighted by molar-refractivity contribution is 0.536. The summed E-state index contributed by atoms with van der Waals surface area (Å²) in [6, 6.07) is 9.14. The Morgan fingerprint density at radius 3 is 2.48 bits per heavy atom. The van der Waals surface area contributed by atoms with Crippen LogP contribution in [0.15, 0.2) is 24.3 Å². The van der Waals surface area contributed by atoms with Gasteiger partial charge in [0.05, 0.1) is 5.69 Å². The van der Waals surface area contributed by atoms with Crippen LogP contribution in [0.1, 0.15) is 30.8 Å². The molecule has 4 heteroatoms. The maximum atomic E-state index is 4.72. The van der Waals surface area contributed by atoms with Crippen LogP contribution < -0.4 is 10.2 Å². The van der Waals surface area contributed by atoms with Gasteiger partial charge in [-0.15, -0.1) is 11.3 Å². The number of nitrogens with zero attached hydrogens (tertiary/aromatic N) is 2. The number of aromatic nitrogens is 1. The highest BCUT2D eigenvalue weighted by atomic mass is 32.1. The van der Waals surface area contributed by atoms with Crippen LogP contribution in [0.3, 0.4) is 0 Å². The molecule has 1 N–H and O–H groups in total. The van der Waals surface area contributed by atoms with Gasteiger partial charge in [0.2, 0.25) is 0 Å². The summed E-state index contributed by atoms with van der Waals surface area (Å²) in [6.07, 6.45) is 1.15. The summed E-state index contributed by atoms with van der Waals surface area (Å²) in [6.45, 7) is 7.43. The highest BCUT2D eigenvalue weighted by molar-refractivity contribution is 7.15. The van der Waals surface area contributed by atoms with Gasteiger partial charge in [0.25, 0.3) is 0 Å². The van der Waals surface area contributed by atoms with Crippen LogP contribution in [0, 0.1) is 6.92 Å². The third-order valence-electron chi connectivity index (χ3n) is 3.75. The van der Waals surface area contributed by atoms with Gasteiger partial charge < -0.3 is 10.2 Å². The highest BCUT2D eigenvalue weighted by Crippen LogP contribution is 2.29. The summed E-state index contributed by atoms with van der Waals surface area (Å²) in [5, 5.41) is 4.65. The van der Waals surface area contributed by atoms with Crippen molar-refractivity contribution in [2.45, 2.75) is 39.8 Å². The molecule has 0 aliphatic rings. The van der Waals surface area contributed by atoms with E-state index in [-0.39, 0.29) is 0 Å². The van der Waals surface area contributed by atoms with Crippen molar-refractivity contribution in [2.75, 3.05) is 19.0 Å². The van der Waals surface area contributed by atoms with Gasteiger partial charge in [0.15, 0.2) is 0 Å². The quantitative estimate of drug-likeness (QED) is 0.872. The van der Waals surface area contributed by atoms with Gasteiger partial charge in [-0.1, -0.05) is 6.92 Å². The lowest BCUT2D eigenvalue weighted by Crippen LogP contribution is -2.24. The number of anilines is 1. The maximum Gasteiger partial charge on any atom is 0.123 e. The molecule has 114 valence electrons.